The number of nitrogens with zero attached hydrogens (tertiary/aromatic N) is 1. The standard InChI is InChI=1S/C21H22N4O3/c1-27-14-8-7-13(20(9-14)28-2)11-23-25-21(26)18-10-16-15-5-3-4-6-17(15)24-19(16)12-22-18/h3-9,11,18,22,24H,10,12H2,1-2H3,(H,25,26)/p+1/b23-11-/t18-/m0/s1. The van der Waals surface area contributed by atoms with Crippen LogP contribution in [-0.2, 0) is 17.8 Å². The Hall–Kier alpha value is -3.32. The maximum absolute atomic E-state index is 12.6. The molecule has 4 N–H and O–H groups in total. The second kappa shape index (κ2) is 7.74. The number of benzene rings is 2. The van der Waals surface area contributed by atoms with Crippen molar-refractivity contribution in [3.63, 3.8) is 0 Å². The van der Waals surface area contributed by atoms with Gasteiger partial charge in [0.1, 0.15) is 18.0 Å². The largest absolute Gasteiger partial charge is 0.497 e. The minimum Gasteiger partial charge on any atom is -0.497 e. The number of para-hydroxylation sites is 1. The van der Waals surface area contributed by atoms with Gasteiger partial charge in [0.2, 0.25) is 0 Å². The first-order chi connectivity index (χ1) is 13.7. The fourth-order valence-corrected chi connectivity index (χ4v) is 3.60. The van der Waals surface area contributed by atoms with Gasteiger partial charge >= 0.3 is 0 Å². The van der Waals surface area contributed by atoms with E-state index in [-0.39, 0.29) is 11.9 Å². The molecule has 1 amide bonds. The Bertz CT molecular complexity index is 1040. The number of hydrogen-bond acceptors (Lipinski definition) is 4. The van der Waals surface area contributed by atoms with Gasteiger partial charge in [-0.3, -0.25) is 4.79 Å². The summed E-state index contributed by atoms with van der Waals surface area (Å²) in [7, 11) is 3.18. The van der Waals surface area contributed by atoms with E-state index in [1.54, 1.807) is 26.5 Å². The van der Waals surface area contributed by atoms with Crippen LogP contribution in [0.15, 0.2) is 47.6 Å². The molecular formula is C21H23N4O3+. The second-order valence-corrected chi connectivity index (χ2v) is 6.72. The molecule has 0 unspecified atom stereocenters. The molecule has 0 fully saturated rings. The van der Waals surface area contributed by atoms with Crippen molar-refractivity contribution >= 4 is 23.0 Å². The Morgan fingerprint density at radius 3 is 2.93 bits per heavy atom. The van der Waals surface area contributed by atoms with Gasteiger partial charge in [-0.25, -0.2) is 5.43 Å². The maximum Gasteiger partial charge on any atom is 0.298 e. The van der Waals surface area contributed by atoms with E-state index < -0.39 is 0 Å². The molecule has 1 aliphatic rings. The number of aromatic nitrogens is 1. The Morgan fingerprint density at radius 1 is 1.25 bits per heavy atom. The van der Waals surface area contributed by atoms with Gasteiger partial charge in [0, 0.05) is 29.0 Å². The second-order valence-electron chi connectivity index (χ2n) is 6.72. The first-order valence-electron chi connectivity index (χ1n) is 9.16. The van der Waals surface area contributed by atoms with Crippen molar-refractivity contribution in [1.82, 2.24) is 10.4 Å². The molecule has 7 nitrogen and oxygen atoms in total. The van der Waals surface area contributed by atoms with E-state index in [1.165, 1.54) is 16.6 Å². The van der Waals surface area contributed by atoms with Gasteiger partial charge in [-0.05, 0) is 23.8 Å². The number of nitrogens with one attached hydrogen (secondary N) is 2. The molecule has 2 aromatic carbocycles. The molecule has 0 spiro atoms. The molecule has 144 valence electrons. The van der Waals surface area contributed by atoms with E-state index in [2.05, 4.69) is 27.6 Å². The molecule has 0 aliphatic carbocycles. The van der Waals surface area contributed by atoms with E-state index in [1.807, 2.05) is 29.6 Å². The van der Waals surface area contributed by atoms with Crippen LogP contribution in [0.4, 0.5) is 0 Å². The monoisotopic (exact) mass is 379 g/mol. The molecule has 0 radical (unpaired) electrons. The highest BCUT2D eigenvalue weighted by Crippen LogP contribution is 2.25. The smallest absolute Gasteiger partial charge is 0.298 e. The van der Waals surface area contributed by atoms with Crippen LogP contribution in [0, 0.1) is 0 Å². The van der Waals surface area contributed by atoms with E-state index in [9.17, 15) is 4.79 Å². The van der Waals surface area contributed by atoms with E-state index >= 15 is 0 Å². The maximum atomic E-state index is 12.6. The SMILES string of the molecule is COc1ccc(/C=N\NC(=O)[C@@H]2Cc3c([nH]c4ccccc34)C[NH2+]2)c(OC)c1. The number of fused-ring (bicyclic) bond motifs is 3. The highest BCUT2D eigenvalue weighted by Gasteiger charge is 2.30. The lowest BCUT2D eigenvalue weighted by atomic mass is 9.98. The number of quaternary nitrogens is 1. The number of nitrogens with two attached hydrogens (primary N) is 1. The molecule has 1 aliphatic heterocycles. The number of rotatable bonds is 5. The van der Waals surface area contributed by atoms with Gasteiger partial charge in [0.25, 0.3) is 5.91 Å². The summed E-state index contributed by atoms with van der Waals surface area (Å²) in [6, 6.07) is 13.4. The number of hydrogen-bond donors (Lipinski definition) is 3. The van der Waals surface area contributed by atoms with E-state index in [4.69, 9.17) is 9.47 Å². The van der Waals surface area contributed by atoms with Crippen LogP contribution < -0.4 is 20.2 Å². The van der Waals surface area contributed by atoms with Crippen molar-refractivity contribution in [2.45, 2.75) is 19.0 Å². The van der Waals surface area contributed by atoms with Crippen LogP contribution in [0.2, 0.25) is 0 Å². The van der Waals surface area contributed by atoms with Gasteiger partial charge in [0.15, 0.2) is 6.04 Å². The average molecular weight is 379 g/mol. The van der Waals surface area contributed by atoms with Crippen molar-refractivity contribution in [2.24, 2.45) is 5.10 Å². The molecule has 4 rings (SSSR count). The number of carbonyl (C=O) groups is 1. The van der Waals surface area contributed by atoms with Crippen LogP contribution in [0.3, 0.4) is 0 Å². The molecule has 0 saturated heterocycles. The molecule has 1 aromatic heterocycles. The first-order valence-corrected chi connectivity index (χ1v) is 9.16. The van der Waals surface area contributed by atoms with Gasteiger partial charge in [0.05, 0.1) is 26.1 Å². The fraction of sp³-hybridized carbons (Fsp3) is 0.238. The third-order valence-corrected chi connectivity index (χ3v) is 5.09. The van der Waals surface area contributed by atoms with Crippen LogP contribution in [0.1, 0.15) is 16.8 Å². The highest BCUT2D eigenvalue weighted by molar-refractivity contribution is 5.88. The summed E-state index contributed by atoms with van der Waals surface area (Å²) in [5.41, 5.74) is 6.94. The average Bonchev–Trinajstić information content (AvgIpc) is 3.11. The fourth-order valence-electron chi connectivity index (χ4n) is 3.60. The summed E-state index contributed by atoms with van der Waals surface area (Å²) in [5.74, 6) is 1.22. The zero-order chi connectivity index (χ0) is 19.5. The van der Waals surface area contributed by atoms with Crippen LogP contribution in [0.5, 0.6) is 11.5 Å². The van der Waals surface area contributed by atoms with Gasteiger partial charge in [-0.2, -0.15) is 5.10 Å². The lowest BCUT2D eigenvalue weighted by molar-refractivity contribution is -0.695. The number of methoxy groups -OCH3 is 2. The van der Waals surface area contributed by atoms with Crippen LogP contribution in [0.25, 0.3) is 10.9 Å². The van der Waals surface area contributed by atoms with E-state index in [0.717, 1.165) is 17.6 Å². The van der Waals surface area contributed by atoms with Crippen LogP contribution in [-0.4, -0.2) is 37.4 Å². The summed E-state index contributed by atoms with van der Waals surface area (Å²) in [6.45, 7) is 0.748. The lowest BCUT2D eigenvalue weighted by Gasteiger charge is -2.19. The summed E-state index contributed by atoms with van der Waals surface area (Å²) >= 11 is 0. The summed E-state index contributed by atoms with van der Waals surface area (Å²) in [5, 5.41) is 7.34. The summed E-state index contributed by atoms with van der Waals surface area (Å²) in [6.07, 6.45) is 2.25. The third kappa shape index (κ3) is 3.44. The van der Waals surface area contributed by atoms with Gasteiger partial charge in [-0.15, -0.1) is 0 Å². The minimum absolute atomic E-state index is 0.111. The number of carbonyl (C=O) groups excluding carboxylic acids is 1. The molecule has 1 atom stereocenters. The zero-order valence-electron chi connectivity index (χ0n) is 15.9. The van der Waals surface area contributed by atoms with Crippen LogP contribution >= 0.6 is 0 Å². The molecule has 0 bridgehead atoms. The number of ether oxygens (including phenoxy) is 2. The quantitative estimate of drug-likeness (QED) is 0.461. The number of amides is 1. The molecule has 2 heterocycles. The van der Waals surface area contributed by atoms with Crippen molar-refractivity contribution in [3.05, 3.63) is 59.3 Å². The van der Waals surface area contributed by atoms with Crippen molar-refractivity contribution in [1.29, 1.82) is 0 Å². The van der Waals surface area contributed by atoms with Crippen molar-refractivity contribution in [2.75, 3.05) is 14.2 Å². The minimum atomic E-state index is -0.207. The van der Waals surface area contributed by atoms with Gasteiger partial charge < -0.3 is 19.8 Å². The lowest BCUT2D eigenvalue weighted by Crippen LogP contribution is -2.93. The van der Waals surface area contributed by atoms with E-state index in [0.29, 0.717) is 17.9 Å². The first kappa shape index (κ1) is 18.1. The predicted octanol–water partition coefficient (Wildman–Crippen LogP) is 1.32. The Labute approximate surface area is 162 Å². The van der Waals surface area contributed by atoms with Gasteiger partial charge in [-0.1, -0.05) is 18.2 Å². The summed E-state index contributed by atoms with van der Waals surface area (Å²) < 4.78 is 10.5. The molecule has 3 aromatic rings. The highest BCUT2D eigenvalue weighted by atomic mass is 16.5. The Balaban J connectivity index is 1.44. The molecule has 0 saturated carbocycles. The summed E-state index contributed by atoms with van der Waals surface area (Å²) in [4.78, 5) is 16.0. The topological polar surface area (TPSA) is 92.3 Å². The third-order valence-electron chi connectivity index (χ3n) is 5.09. The number of H-pyrrole nitrogens is 1. The predicted molar refractivity (Wildman–Crippen MR) is 107 cm³/mol. The van der Waals surface area contributed by atoms with Crippen molar-refractivity contribution in [3.8, 4) is 11.5 Å². The molecular weight excluding hydrogens is 356 g/mol. The molecule has 28 heavy (non-hydrogen) atoms. The number of aromatic amines is 1. The Kier molecular flexibility index (Phi) is 4.99. The molecule has 7 heteroatoms. The van der Waals surface area contributed by atoms with Crippen molar-refractivity contribution < 1.29 is 19.6 Å². The zero-order valence-corrected chi connectivity index (χ0v) is 15.9. The number of hydrazone groups is 1. The normalized spacial score (nSPS) is 16.1. The Morgan fingerprint density at radius 2 is 2.11 bits per heavy atom.